The predicted molar refractivity (Wildman–Crippen MR) is 114 cm³/mol. The highest BCUT2D eigenvalue weighted by Crippen LogP contribution is 2.36. The first-order valence-electron chi connectivity index (χ1n) is 8.57. The van der Waals surface area contributed by atoms with Crippen LogP contribution in [0.5, 0.6) is 5.75 Å². The van der Waals surface area contributed by atoms with Gasteiger partial charge in [0.15, 0.2) is 11.8 Å². The Morgan fingerprint density at radius 2 is 2.03 bits per heavy atom. The van der Waals surface area contributed by atoms with Crippen LogP contribution in [0.15, 0.2) is 56.8 Å². The quantitative estimate of drug-likeness (QED) is 0.609. The molecule has 3 rings (SSSR count). The maximum atomic E-state index is 13.1. The van der Waals surface area contributed by atoms with Crippen LogP contribution in [-0.4, -0.2) is 40.2 Å². The van der Waals surface area contributed by atoms with Crippen LogP contribution < -0.4 is 4.74 Å². The number of carboxylic acid groups (broad SMARTS) is 1. The SMILES string of the molecule is CCN1C(=O)C(=Cc2cc(Br)ccc2OCC(=O)O)SC1=Nc1ccc(F)cc1. The van der Waals surface area contributed by atoms with E-state index in [1.54, 1.807) is 24.3 Å². The molecule has 2 aromatic rings. The van der Waals surface area contributed by atoms with Gasteiger partial charge in [-0.3, -0.25) is 9.69 Å². The van der Waals surface area contributed by atoms with E-state index in [0.29, 0.717) is 33.6 Å². The van der Waals surface area contributed by atoms with Crippen molar-refractivity contribution in [3.8, 4) is 5.75 Å². The summed E-state index contributed by atoms with van der Waals surface area (Å²) in [5, 5.41) is 9.34. The number of ether oxygens (including phenoxy) is 1. The molecule has 0 radical (unpaired) electrons. The molecule has 1 fully saturated rings. The predicted octanol–water partition coefficient (Wildman–Crippen LogP) is 4.68. The van der Waals surface area contributed by atoms with E-state index in [-0.39, 0.29) is 11.7 Å². The number of hydrogen-bond acceptors (Lipinski definition) is 5. The van der Waals surface area contributed by atoms with Gasteiger partial charge in [-0.25, -0.2) is 14.2 Å². The second-order valence-electron chi connectivity index (χ2n) is 5.90. The van der Waals surface area contributed by atoms with Crippen molar-refractivity contribution in [1.82, 2.24) is 4.90 Å². The molecule has 0 aliphatic carbocycles. The standard InChI is InChI=1S/C20H16BrFN2O4S/c1-2-24-19(27)17(29-20(24)23-15-6-4-14(22)5-7-15)10-12-9-13(21)3-8-16(12)28-11-18(25)26/h3-10H,2,11H2,1H3,(H,25,26). The second kappa shape index (κ2) is 9.23. The molecule has 1 amide bonds. The molecular formula is C20H16BrFN2O4S. The highest BCUT2D eigenvalue weighted by molar-refractivity contribution is 9.10. The first-order chi connectivity index (χ1) is 13.9. The van der Waals surface area contributed by atoms with Crippen molar-refractivity contribution in [3.05, 3.63) is 63.2 Å². The van der Waals surface area contributed by atoms with Crippen LogP contribution in [0.4, 0.5) is 10.1 Å². The normalized spacial score (nSPS) is 16.7. The molecule has 1 N–H and O–H groups in total. The Hall–Kier alpha value is -2.65. The Morgan fingerprint density at radius 1 is 1.31 bits per heavy atom. The summed E-state index contributed by atoms with van der Waals surface area (Å²) in [7, 11) is 0. The lowest BCUT2D eigenvalue weighted by Crippen LogP contribution is -2.28. The molecule has 1 aliphatic heterocycles. The molecule has 150 valence electrons. The lowest BCUT2D eigenvalue weighted by molar-refractivity contribution is -0.139. The van der Waals surface area contributed by atoms with Crippen LogP contribution in [0.25, 0.3) is 6.08 Å². The number of thioether (sulfide) groups is 1. The average molecular weight is 479 g/mol. The fraction of sp³-hybridized carbons (Fsp3) is 0.150. The fourth-order valence-corrected chi connectivity index (χ4v) is 3.97. The van der Waals surface area contributed by atoms with Gasteiger partial charge in [-0.2, -0.15) is 0 Å². The number of aliphatic imine (C=N–C) groups is 1. The van der Waals surface area contributed by atoms with Gasteiger partial charge in [0.25, 0.3) is 5.91 Å². The summed E-state index contributed by atoms with van der Waals surface area (Å²) in [6.45, 7) is 1.77. The summed E-state index contributed by atoms with van der Waals surface area (Å²) >= 11 is 4.56. The zero-order valence-corrected chi connectivity index (χ0v) is 17.7. The summed E-state index contributed by atoms with van der Waals surface area (Å²) in [6.07, 6.45) is 1.64. The van der Waals surface area contributed by atoms with E-state index in [1.807, 2.05) is 6.92 Å². The van der Waals surface area contributed by atoms with E-state index < -0.39 is 12.6 Å². The minimum absolute atomic E-state index is 0.220. The van der Waals surface area contributed by atoms with Crippen LogP contribution in [0.3, 0.4) is 0 Å². The fourth-order valence-electron chi connectivity index (χ4n) is 2.54. The minimum atomic E-state index is -1.09. The molecule has 1 aliphatic rings. The number of likely N-dealkylation sites (N-methyl/N-ethyl adjacent to an activating group) is 1. The number of aliphatic carboxylic acids is 1. The summed E-state index contributed by atoms with van der Waals surface area (Å²) in [5.74, 6) is -1.32. The lowest BCUT2D eigenvalue weighted by Gasteiger charge is -2.12. The van der Waals surface area contributed by atoms with Gasteiger partial charge in [-0.05, 0) is 67.2 Å². The van der Waals surface area contributed by atoms with E-state index in [0.717, 1.165) is 4.47 Å². The highest BCUT2D eigenvalue weighted by atomic mass is 79.9. The van der Waals surface area contributed by atoms with Crippen LogP contribution >= 0.6 is 27.7 Å². The maximum Gasteiger partial charge on any atom is 0.341 e. The molecule has 0 aromatic heterocycles. The number of carbonyl (C=O) groups is 2. The monoisotopic (exact) mass is 478 g/mol. The Balaban J connectivity index is 1.94. The Kier molecular flexibility index (Phi) is 6.71. The van der Waals surface area contributed by atoms with Crippen LogP contribution in [0.1, 0.15) is 12.5 Å². The molecule has 29 heavy (non-hydrogen) atoms. The number of carbonyl (C=O) groups excluding carboxylic acids is 1. The van der Waals surface area contributed by atoms with Crippen molar-refractivity contribution in [3.63, 3.8) is 0 Å². The number of hydrogen-bond donors (Lipinski definition) is 1. The number of rotatable bonds is 6. The Labute approximate surface area is 179 Å². The highest BCUT2D eigenvalue weighted by Gasteiger charge is 2.32. The van der Waals surface area contributed by atoms with E-state index in [2.05, 4.69) is 20.9 Å². The Bertz CT molecular complexity index is 1010. The lowest BCUT2D eigenvalue weighted by atomic mass is 10.2. The Morgan fingerprint density at radius 3 is 2.69 bits per heavy atom. The van der Waals surface area contributed by atoms with Crippen molar-refractivity contribution in [2.24, 2.45) is 4.99 Å². The number of amidine groups is 1. The maximum absolute atomic E-state index is 13.1. The molecule has 1 heterocycles. The van der Waals surface area contributed by atoms with Crippen molar-refractivity contribution >= 4 is 56.5 Å². The summed E-state index contributed by atoms with van der Waals surface area (Å²) in [5.41, 5.74) is 1.10. The van der Waals surface area contributed by atoms with E-state index in [4.69, 9.17) is 9.84 Å². The number of nitrogens with zero attached hydrogens (tertiary/aromatic N) is 2. The largest absolute Gasteiger partial charge is 0.481 e. The first-order valence-corrected chi connectivity index (χ1v) is 10.2. The van der Waals surface area contributed by atoms with Gasteiger partial charge in [0, 0.05) is 16.6 Å². The molecule has 1 saturated heterocycles. The third kappa shape index (κ3) is 5.24. The number of amides is 1. The summed E-state index contributed by atoms with van der Waals surface area (Å²) < 4.78 is 19.2. The minimum Gasteiger partial charge on any atom is -0.481 e. The first kappa shape index (κ1) is 21.1. The van der Waals surface area contributed by atoms with Gasteiger partial charge in [0.05, 0.1) is 10.6 Å². The van der Waals surface area contributed by atoms with Gasteiger partial charge in [-0.15, -0.1) is 0 Å². The van der Waals surface area contributed by atoms with Gasteiger partial charge in [-0.1, -0.05) is 15.9 Å². The second-order valence-corrected chi connectivity index (χ2v) is 7.82. The topological polar surface area (TPSA) is 79.2 Å². The van der Waals surface area contributed by atoms with Crippen molar-refractivity contribution < 1.29 is 23.8 Å². The van der Waals surface area contributed by atoms with Crippen molar-refractivity contribution in [2.45, 2.75) is 6.92 Å². The molecule has 2 aromatic carbocycles. The van der Waals surface area contributed by atoms with Crippen molar-refractivity contribution in [2.75, 3.05) is 13.2 Å². The summed E-state index contributed by atoms with van der Waals surface area (Å²) in [6, 6.07) is 10.8. The number of halogens is 2. The molecule has 0 saturated carbocycles. The molecule has 0 atom stereocenters. The molecule has 9 heteroatoms. The summed E-state index contributed by atoms with van der Waals surface area (Å²) in [4.78, 5) is 30.0. The van der Waals surface area contributed by atoms with Crippen LogP contribution in [0, 0.1) is 5.82 Å². The average Bonchev–Trinajstić information content (AvgIpc) is 2.97. The van der Waals surface area contributed by atoms with E-state index in [1.165, 1.54) is 40.9 Å². The van der Waals surface area contributed by atoms with Crippen LogP contribution in [-0.2, 0) is 9.59 Å². The van der Waals surface area contributed by atoms with Crippen LogP contribution in [0.2, 0.25) is 0 Å². The van der Waals surface area contributed by atoms with Gasteiger partial charge in [0.1, 0.15) is 11.6 Å². The third-order valence-corrected chi connectivity index (χ3v) is 5.37. The number of benzene rings is 2. The third-order valence-electron chi connectivity index (χ3n) is 3.87. The van der Waals surface area contributed by atoms with Gasteiger partial charge >= 0.3 is 5.97 Å². The van der Waals surface area contributed by atoms with Gasteiger partial charge in [0.2, 0.25) is 0 Å². The van der Waals surface area contributed by atoms with Crippen molar-refractivity contribution in [1.29, 1.82) is 0 Å². The zero-order chi connectivity index (χ0) is 21.0. The zero-order valence-electron chi connectivity index (χ0n) is 15.3. The van der Waals surface area contributed by atoms with E-state index >= 15 is 0 Å². The smallest absolute Gasteiger partial charge is 0.341 e. The van der Waals surface area contributed by atoms with Gasteiger partial charge < -0.3 is 9.84 Å². The molecule has 6 nitrogen and oxygen atoms in total. The molecule has 0 bridgehead atoms. The number of carboxylic acids is 1. The molecular weight excluding hydrogens is 463 g/mol. The van der Waals surface area contributed by atoms with E-state index in [9.17, 15) is 14.0 Å². The molecule has 0 unspecified atom stereocenters. The molecule has 0 spiro atoms.